The largest absolute Gasteiger partial charge is 0.330 e. The summed E-state index contributed by atoms with van der Waals surface area (Å²) in [5, 5.41) is 4.08. The van der Waals surface area contributed by atoms with E-state index in [9.17, 15) is 8.42 Å². The van der Waals surface area contributed by atoms with Gasteiger partial charge in [0.15, 0.2) is 5.03 Å². The third-order valence-corrected chi connectivity index (χ3v) is 6.25. The fourth-order valence-corrected chi connectivity index (χ4v) is 4.82. The normalized spacial score (nSPS) is 24.3. The molecular weight excluding hydrogens is 288 g/mol. The van der Waals surface area contributed by atoms with Crippen molar-refractivity contribution in [3.63, 3.8) is 0 Å². The molecule has 8 heteroatoms. The minimum atomic E-state index is -3.64. The van der Waals surface area contributed by atoms with E-state index in [1.807, 2.05) is 0 Å². The molecule has 0 spiro atoms. The van der Waals surface area contributed by atoms with Crippen LogP contribution in [0.2, 0.25) is 5.02 Å². The molecular formula is C11H19ClN4O2S. The van der Waals surface area contributed by atoms with Gasteiger partial charge < -0.3 is 5.73 Å². The summed E-state index contributed by atoms with van der Waals surface area (Å²) in [5.41, 5.74) is 5.72. The number of rotatable bonds is 4. The first-order chi connectivity index (χ1) is 8.89. The Morgan fingerprint density at radius 3 is 2.79 bits per heavy atom. The lowest BCUT2D eigenvalue weighted by atomic mass is 10.0. The highest BCUT2D eigenvalue weighted by Crippen LogP contribution is 2.33. The van der Waals surface area contributed by atoms with E-state index in [0.29, 0.717) is 6.54 Å². The fourth-order valence-electron chi connectivity index (χ4n) is 2.78. The molecule has 0 saturated heterocycles. The Morgan fingerprint density at radius 2 is 2.26 bits per heavy atom. The molecule has 1 aliphatic carbocycles. The van der Waals surface area contributed by atoms with Crippen LogP contribution in [0.1, 0.15) is 19.3 Å². The number of nitrogens with zero attached hydrogens (tertiary/aromatic N) is 3. The highest BCUT2D eigenvalue weighted by Gasteiger charge is 2.38. The molecule has 2 unspecified atom stereocenters. The van der Waals surface area contributed by atoms with Crippen molar-refractivity contribution in [1.82, 2.24) is 14.1 Å². The Morgan fingerprint density at radius 1 is 1.58 bits per heavy atom. The monoisotopic (exact) mass is 306 g/mol. The molecule has 2 atom stereocenters. The van der Waals surface area contributed by atoms with E-state index < -0.39 is 10.0 Å². The predicted octanol–water partition coefficient (Wildman–Crippen LogP) is 0.821. The zero-order valence-corrected chi connectivity index (χ0v) is 12.7. The molecule has 0 bridgehead atoms. The molecule has 1 aromatic rings. The van der Waals surface area contributed by atoms with Crippen molar-refractivity contribution in [3.8, 4) is 0 Å². The first-order valence-corrected chi connectivity index (χ1v) is 8.07. The van der Waals surface area contributed by atoms with Gasteiger partial charge in [-0.1, -0.05) is 18.0 Å². The maximum absolute atomic E-state index is 12.6. The second kappa shape index (κ2) is 5.40. The van der Waals surface area contributed by atoms with Gasteiger partial charge in [-0.3, -0.25) is 4.68 Å². The summed E-state index contributed by atoms with van der Waals surface area (Å²) < 4.78 is 27.9. The fraction of sp³-hybridized carbons (Fsp3) is 0.727. The molecule has 19 heavy (non-hydrogen) atoms. The van der Waals surface area contributed by atoms with Crippen LogP contribution in [0.5, 0.6) is 0 Å². The van der Waals surface area contributed by atoms with E-state index >= 15 is 0 Å². The number of halogens is 1. The maximum Gasteiger partial charge on any atom is 0.261 e. The molecule has 1 aliphatic rings. The van der Waals surface area contributed by atoms with E-state index in [4.69, 9.17) is 17.3 Å². The molecule has 0 aromatic carbocycles. The number of hydrogen-bond acceptors (Lipinski definition) is 4. The Hall–Kier alpha value is -0.630. The number of hydrogen-bond donors (Lipinski definition) is 1. The standard InChI is InChI=1S/C11H19ClN4O2S/c1-15-11(9(12)7-14-15)19(17,18)16(2)10-5-3-4-8(10)6-13/h7-8,10H,3-6,13H2,1-2H3. The second-order valence-corrected chi connectivity index (χ2v) is 7.26. The summed E-state index contributed by atoms with van der Waals surface area (Å²) in [7, 11) is -0.471. The van der Waals surface area contributed by atoms with Gasteiger partial charge >= 0.3 is 0 Å². The minimum absolute atomic E-state index is 0.0411. The van der Waals surface area contributed by atoms with Crippen LogP contribution in [-0.2, 0) is 17.1 Å². The highest BCUT2D eigenvalue weighted by atomic mass is 35.5. The van der Waals surface area contributed by atoms with E-state index in [1.165, 1.54) is 15.2 Å². The lowest BCUT2D eigenvalue weighted by Crippen LogP contribution is -2.42. The van der Waals surface area contributed by atoms with Gasteiger partial charge in [-0.15, -0.1) is 0 Å². The van der Waals surface area contributed by atoms with E-state index in [0.717, 1.165) is 19.3 Å². The first-order valence-electron chi connectivity index (χ1n) is 6.25. The number of nitrogens with two attached hydrogens (primary N) is 1. The van der Waals surface area contributed by atoms with Crippen molar-refractivity contribution in [2.45, 2.75) is 30.3 Å². The Bertz CT molecular complexity index is 538. The van der Waals surface area contributed by atoms with Crippen molar-refractivity contribution in [3.05, 3.63) is 11.2 Å². The van der Waals surface area contributed by atoms with Crippen LogP contribution in [-0.4, -0.2) is 42.1 Å². The van der Waals surface area contributed by atoms with Gasteiger partial charge in [0.05, 0.1) is 11.2 Å². The molecule has 1 saturated carbocycles. The summed E-state index contributed by atoms with van der Waals surface area (Å²) in [4.78, 5) is 0. The van der Waals surface area contributed by atoms with Crippen LogP contribution in [0, 0.1) is 5.92 Å². The van der Waals surface area contributed by atoms with Crippen molar-refractivity contribution in [2.24, 2.45) is 18.7 Å². The summed E-state index contributed by atoms with van der Waals surface area (Å²) in [5.74, 6) is 0.215. The Labute approximate surface area is 118 Å². The summed E-state index contributed by atoms with van der Waals surface area (Å²) >= 11 is 5.94. The Balaban J connectivity index is 2.35. The molecule has 0 aliphatic heterocycles. The van der Waals surface area contributed by atoms with Gasteiger partial charge in [-0.05, 0) is 25.3 Å². The third-order valence-electron chi connectivity index (χ3n) is 3.85. The average molecular weight is 307 g/mol. The number of aromatic nitrogens is 2. The van der Waals surface area contributed by atoms with Crippen LogP contribution in [0.15, 0.2) is 11.2 Å². The van der Waals surface area contributed by atoms with Crippen molar-refractivity contribution >= 4 is 21.6 Å². The lowest BCUT2D eigenvalue weighted by Gasteiger charge is -2.28. The molecule has 1 heterocycles. The average Bonchev–Trinajstić information content (AvgIpc) is 2.94. The van der Waals surface area contributed by atoms with Crippen LogP contribution >= 0.6 is 11.6 Å². The van der Waals surface area contributed by atoms with Crippen LogP contribution in [0.4, 0.5) is 0 Å². The number of aryl methyl sites for hydroxylation is 1. The summed E-state index contributed by atoms with van der Waals surface area (Å²) in [6.07, 6.45) is 4.16. The first kappa shape index (κ1) is 14.8. The summed E-state index contributed by atoms with van der Waals surface area (Å²) in [6, 6.07) is -0.0547. The minimum Gasteiger partial charge on any atom is -0.330 e. The van der Waals surface area contributed by atoms with Gasteiger partial charge in [0.2, 0.25) is 0 Å². The van der Waals surface area contributed by atoms with Crippen molar-refractivity contribution < 1.29 is 8.42 Å². The third kappa shape index (κ3) is 2.52. The van der Waals surface area contributed by atoms with Crippen LogP contribution < -0.4 is 5.73 Å². The molecule has 0 radical (unpaired) electrons. The molecule has 108 valence electrons. The van der Waals surface area contributed by atoms with Gasteiger partial charge in [-0.2, -0.15) is 9.40 Å². The molecule has 6 nitrogen and oxygen atoms in total. The molecule has 2 N–H and O–H groups in total. The molecule has 1 aromatic heterocycles. The summed E-state index contributed by atoms with van der Waals surface area (Å²) in [6.45, 7) is 0.504. The smallest absolute Gasteiger partial charge is 0.261 e. The molecule has 1 fully saturated rings. The Kier molecular flexibility index (Phi) is 4.20. The van der Waals surface area contributed by atoms with E-state index in [1.54, 1.807) is 14.1 Å². The van der Waals surface area contributed by atoms with Crippen LogP contribution in [0.3, 0.4) is 0 Å². The van der Waals surface area contributed by atoms with Gasteiger partial charge in [-0.25, -0.2) is 8.42 Å². The highest BCUT2D eigenvalue weighted by molar-refractivity contribution is 7.89. The van der Waals surface area contributed by atoms with Gasteiger partial charge in [0, 0.05) is 20.1 Å². The maximum atomic E-state index is 12.6. The van der Waals surface area contributed by atoms with Crippen molar-refractivity contribution in [2.75, 3.05) is 13.6 Å². The zero-order chi connectivity index (χ0) is 14.2. The van der Waals surface area contributed by atoms with Gasteiger partial charge in [0.25, 0.3) is 10.0 Å². The SMILES string of the molecule is CN(C1CCCC1CN)S(=O)(=O)c1c(Cl)cnn1C. The van der Waals surface area contributed by atoms with E-state index in [2.05, 4.69) is 5.10 Å². The van der Waals surface area contributed by atoms with Gasteiger partial charge in [0.1, 0.15) is 0 Å². The predicted molar refractivity (Wildman–Crippen MR) is 73.4 cm³/mol. The zero-order valence-electron chi connectivity index (χ0n) is 11.1. The molecule has 2 rings (SSSR count). The molecule has 0 amide bonds. The van der Waals surface area contributed by atoms with E-state index in [-0.39, 0.29) is 22.0 Å². The number of sulfonamides is 1. The lowest BCUT2D eigenvalue weighted by molar-refractivity contribution is 0.302. The van der Waals surface area contributed by atoms with Crippen LogP contribution in [0.25, 0.3) is 0 Å². The topological polar surface area (TPSA) is 81.2 Å². The quantitative estimate of drug-likeness (QED) is 0.893. The second-order valence-electron chi connectivity index (χ2n) is 4.94. The van der Waals surface area contributed by atoms with Crippen molar-refractivity contribution in [1.29, 1.82) is 0 Å².